The van der Waals surface area contributed by atoms with E-state index in [1.54, 1.807) is 28.4 Å². The van der Waals surface area contributed by atoms with Gasteiger partial charge in [-0.15, -0.1) is 10.2 Å². The fourth-order valence-electron chi connectivity index (χ4n) is 1.58. The summed E-state index contributed by atoms with van der Waals surface area (Å²) in [5, 5.41) is 14.9. The molecule has 3 aromatic rings. The molecule has 6 heteroatoms. The summed E-state index contributed by atoms with van der Waals surface area (Å²) in [7, 11) is 0. The fourth-order valence-corrected chi connectivity index (χ4v) is 2.57. The minimum Gasteiger partial charge on any atom is -0.264 e. The summed E-state index contributed by atoms with van der Waals surface area (Å²) < 4.78 is 1.75. The normalized spacial score (nSPS) is 10.7. The van der Waals surface area contributed by atoms with Crippen molar-refractivity contribution in [2.24, 2.45) is 0 Å². The Labute approximate surface area is 113 Å². The molecule has 0 spiro atoms. The summed E-state index contributed by atoms with van der Waals surface area (Å²) in [4.78, 5) is 0. The monoisotopic (exact) mass is 276 g/mol. The van der Waals surface area contributed by atoms with E-state index in [1.165, 1.54) is 0 Å². The Morgan fingerprint density at radius 1 is 1.17 bits per heavy atom. The van der Waals surface area contributed by atoms with Crippen LogP contribution in [0.5, 0.6) is 0 Å². The Kier molecular flexibility index (Phi) is 3.08. The number of benzene rings is 1. The number of hydrogen-bond donors (Lipinski definition) is 0. The van der Waals surface area contributed by atoms with Gasteiger partial charge in [-0.1, -0.05) is 53.3 Å². The Hall–Kier alpha value is -1.72. The van der Waals surface area contributed by atoms with Crippen molar-refractivity contribution >= 4 is 22.9 Å². The van der Waals surface area contributed by atoms with Crippen LogP contribution < -0.4 is 0 Å². The topological polar surface area (TPSA) is 43.6 Å². The third kappa shape index (κ3) is 2.42. The molecule has 2 aromatic heterocycles. The maximum Gasteiger partial charge on any atom is 0.147 e. The predicted octanol–water partition coefficient (Wildman–Crippen LogP) is 3.10. The maximum atomic E-state index is 5.81. The van der Waals surface area contributed by atoms with Crippen molar-refractivity contribution in [2.75, 3.05) is 0 Å². The quantitative estimate of drug-likeness (QED) is 0.738. The highest BCUT2D eigenvalue weighted by atomic mass is 35.5. The summed E-state index contributed by atoms with van der Waals surface area (Å²) >= 11 is 7.38. The molecule has 18 heavy (non-hydrogen) atoms. The average molecular weight is 277 g/mol. The number of aromatic nitrogens is 4. The van der Waals surface area contributed by atoms with E-state index >= 15 is 0 Å². The zero-order chi connectivity index (χ0) is 12.4. The summed E-state index contributed by atoms with van der Waals surface area (Å²) in [6, 6.07) is 10.0. The lowest BCUT2D eigenvalue weighted by Crippen LogP contribution is -1.98. The second kappa shape index (κ2) is 4.88. The highest BCUT2D eigenvalue weighted by molar-refractivity contribution is 7.14. The van der Waals surface area contributed by atoms with E-state index in [4.69, 9.17) is 11.6 Å². The summed E-state index contributed by atoms with van der Waals surface area (Å²) in [5.74, 6) is 0. The van der Waals surface area contributed by atoms with E-state index in [-0.39, 0.29) is 0 Å². The molecular formula is C12H9ClN4S. The number of nitrogens with zero attached hydrogens (tertiary/aromatic N) is 4. The Morgan fingerprint density at radius 3 is 2.72 bits per heavy atom. The molecule has 0 unspecified atom stereocenters. The van der Waals surface area contributed by atoms with E-state index in [9.17, 15) is 0 Å². The molecule has 0 amide bonds. The van der Waals surface area contributed by atoms with Crippen LogP contribution in [0.3, 0.4) is 0 Å². The zero-order valence-corrected chi connectivity index (χ0v) is 10.9. The Balaban J connectivity index is 1.82. The van der Waals surface area contributed by atoms with Crippen LogP contribution in [0.15, 0.2) is 42.7 Å². The first kappa shape index (κ1) is 11.4. The molecule has 4 nitrogen and oxygen atoms in total. The lowest BCUT2D eigenvalue weighted by atomic mass is 10.2. The van der Waals surface area contributed by atoms with E-state index in [2.05, 4.69) is 15.3 Å². The van der Waals surface area contributed by atoms with E-state index < -0.39 is 0 Å². The summed E-state index contributed by atoms with van der Waals surface area (Å²) in [6.45, 7) is 0.594. The van der Waals surface area contributed by atoms with Crippen LogP contribution in [0.25, 0.3) is 10.6 Å². The molecule has 0 radical (unpaired) electrons. The van der Waals surface area contributed by atoms with Gasteiger partial charge < -0.3 is 0 Å². The van der Waals surface area contributed by atoms with Crippen LogP contribution in [-0.4, -0.2) is 20.0 Å². The van der Waals surface area contributed by atoms with Gasteiger partial charge in [-0.05, 0) is 0 Å². The number of rotatable bonds is 3. The van der Waals surface area contributed by atoms with Crippen LogP contribution in [0.2, 0.25) is 5.02 Å². The number of halogens is 1. The third-order valence-corrected chi connectivity index (χ3v) is 3.54. The Bertz CT molecular complexity index is 647. The molecule has 90 valence electrons. The van der Waals surface area contributed by atoms with Crippen LogP contribution in [0.4, 0.5) is 0 Å². The second-order valence-electron chi connectivity index (χ2n) is 3.72. The molecule has 1 aromatic carbocycles. The van der Waals surface area contributed by atoms with Gasteiger partial charge in [0, 0.05) is 11.8 Å². The molecule has 0 aliphatic rings. The third-order valence-electron chi connectivity index (χ3n) is 2.39. The maximum absolute atomic E-state index is 5.81. The van der Waals surface area contributed by atoms with Crippen molar-refractivity contribution in [3.8, 4) is 10.6 Å². The van der Waals surface area contributed by atoms with E-state index in [0.29, 0.717) is 11.6 Å². The Morgan fingerprint density at radius 2 is 2.00 bits per heavy atom. The highest BCUT2D eigenvalue weighted by Gasteiger charge is 2.07. The van der Waals surface area contributed by atoms with E-state index in [0.717, 1.165) is 15.6 Å². The van der Waals surface area contributed by atoms with Crippen LogP contribution in [0.1, 0.15) is 5.01 Å². The minimum absolute atomic E-state index is 0.594. The standard InChI is InChI=1S/C12H9ClN4S/c13-10-6-14-17(7-10)8-11-15-16-12(18-11)9-4-2-1-3-5-9/h1-7H,8H2. The second-order valence-corrected chi connectivity index (χ2v) is 5.22. The van der Waals surface area contributed by atoms with Gasteiger partial charge in [-0.3, -0.25) is 4.68 Å². The van der Waals surface area contributed by atoms with Crippen LogP contribution in [0, 0.1) is 0 Å². The first-order valence-electron chi connectivity index (χ1n) is 5.37. The molecular weight excluding hydrogens is 268 g/mol. The molecule has 0 aliphatic carbocycles. The molecule has 0 aliphatic heterocycles. The van der Waals surface area contributed by atoms with Crippen LogP contribution in [-0.2, 0) is 6.54 Å². The predicted molar refractivity (Wildman–Crippen MR) is 71.7 cm³/mol. The van der Waals surface area contributed by atoms with Gasteiger partial charge in [-0.2, -0.15) is 5.10 Å². The summed E-state index contributed by atoms with van der Waals surface area (Å²) in [6.07, 6.45) is 3.38. The molecule has 0 bridgehead atoms. The first-order chi connectivity index (χ1) is 8.81. The lowest BCUT2D eigenvalue weighted by molar-refractivity contribution is 0.677. The van der Waals surface area contributed by atoms with Crippen molar-refractivity contribution in [3.63, 3.8) is 0 Å². The van der Waals surface area contributed by atoms with Gasteiger partial charge in [-0.25, -0.2) is 0 Å². The largest absolute Gasteiger partial charge is 0.264 e. The van der Waals surface area contributed by atoms with Gasteiger partial charge in [0.25, 0.3) is 0 Å². The lowest BCUT2D eigenvalue weighted by Gasteiger charge is -1.94. The molecule has 0 fully saturated rings. The number of hydrogen-bond acceptors (Lipinski definition) is 4. The molecule has 0 atom stereocenters. The van der Waals surface area contributed by atoms with Gasteiger partial charge in [0.05, 0.1) is 17.8 Å². The molecule has 3 rings (SSSR count). The highest BCUT2D eigenvalue weighted by Crippen LogP contribution is 2.23. The van der Waals surface area contributed by atoms with Gasteiger partial charge in [0.15, 0.2) is 0 Å². The smallest absolute Gasteiger partial charge is 0.147 e. The molecule has 2 heterocycles. The first-order valence-corrected chi connectivity index (χ1v) is 6.56. The fraction of sp³-hybridized carbons (Fsp3) is 0.0833. The van der Waals surface area contributed by atoms with Crippen LogP contribution >= 0.6 is 22.9 Å². The van der Waals surface area contributed by atoms with Crippen molar-refractivity contribution < 1.29 is 0 Å². The van der Waals surface area contributed by atoms with Gasteiger partial charge in [0.2, 0.25) is 0 Å². The summed E-state index contributed by atoms with van der Waals surface area (Å²) in [5.41, 5.74) is 1.08. The van der Waals surface area contributed by atoms with Gasteiger partial charge in [0.1, 0.15) is 10.0 Å². The molecule has 0 saturated heterocycles. The minimum atomic E-state index is 0.594. The zero-order valence-electron chi connectivity index (χ0n) is 9.32. The van der Waals surface area contributed by atoms with Crippen molar-refractivity contribution in [3.05, 3.63) is 52.8 Å². The van der Waals surface area contributed by atoms with E-state index in [1.807, 2.05) is 30.3 Å². The van der Waals surface area contributed by atoms with Gasteiger partial charge >= 0.3 is 0 Å². The van der Waals surface area contributed by atoms with Crippen molar-refractivity contribution in [1.82, 2.24) is 20.0 Å². The van der Waals surface area contributed by atoms with Crippen molar-refractivity contribution in [1.29, 1.82) is 0 Å². The van der Waals surface area contributed by atoms with Crippen molar-refractivity contribution in [2.45, 2.75) is 6.54 Å². The molecule has 0 saturated carbocycles. The average Bonchev–Trinajstić information content (AvgIpc) is 3.01. The SMILES string of the molecule is Clc1cnn(Cc2nnc(-c3ccccc3)s2)c1. The molecule has 0 N–H and O–H groups in total.